The Morgan fingerprint density at radius 3 is 2.92 bits per heavy atom. The summed E-state index contributed by atoms with van der Waals surface area (Å²) in [5, 5.41) is 3.08. The Bertz CT molecular complexity index is 420. The molecule has 0 radical (unpaired) electrons. The third-order valence-electron chi connectivity index (χ3n) is 1.42. The van der Waals surface area contributed by atoms with Crippen LogP contribution in [0.3, 0.4) is 0 Å². The molecule has 0 saturated heterocycles. The molecular formula is C6H6N4O2S. The second-order valence-electron chi connectivity index (χ2n) is 2.18. The Hall–Kier alpha value is -1.72. The van der Waals surface area contributed by atoms with Crippen molar-refractivity contribution < 1.29 is 8.42 Å². The monoisotopic (exact) mass is 198 g/mol. The lowest BCUT2D eigenvalue weighted by molar-refractivity contribution is 0.625. The number of nitrogens with zero attached hydrogens (tertiary/aromatic N) is 3. The summed E-state index contributed by atoms with van der Waals surface area (Å²) in [6, 6.07) is -0.570. The summed E-state index contributed by atoms with van der Waals surface area (Å²) in [5.41, 5.74) is 10.4. The number of rotatable bonds is 2. The lowest BCUT2D eigenvalue weighted by atomic mass is 10.1. The van der Waals surface area contributed by atoms with Crippen LogP contribution in [-0.2, 0) is 10.3 Å². The zero-order valence-electron chi connectivity index (χ0n) is 6.45. The molecule has 1 N–H and O–H groups in total. The Labute approximate surface area is 75.7 Å². The van der Waals surface area contributed by atoms with E-state index in [0.717, 1.165) is 0 Å². The summed E-state index contributed by atoms with van der Waals surface area (Å²) < 4.78 is 21.3. The second-order valence-corrected chi connectivity index (χ2v) is 3.12. The van der Waals surface area contributed by atoms with Crippen molar-refractivity contribution in [2.75, 3.05) is 0 Å². The van der Waals surface area contributed by atoms with E-state index in [1.165, 1.54) is 6.08 Å². The highest BCUT2D eigenvalue weighted by Gasteiger charge is 2.15. The molecule has 0 aliphatic heterocycles. The molecule has 1 unspecified atom stereocenters. The lowest BCUT2D eigenvalue weighted by Crippen LogP contribution is -2.31. The topological polar surface area (TPSA) is 94.9 Å². The number of hydrogen-bond donors (Lipinski definition) is 1. The van der Waals surface area contributed by atoms with Crippen molar-refractivity contribution in [2.45, 2.75) is 6.04 Å². The van der Waals surface area contributed by atoms with Gasteiger partial charge in [0.1, 0.15) is 4.86 Å². The normalized spacial score (nSPS) is 19.4. The van der Waals surface area contributed by atoms with Gasteiger partial charge in [0.05, 0.1) is 0 Å². The van der Waals surface area contributed by atoms with Gasteiger partial charge in [0.2, 0.25) is 10.3 Å². The van der Waals surface area contributed by atoms with Crippen LogP contribution in [0.4, 0.5) is 0 Å². The first-order valence-electron chi connectivity index (χ1n) is 3.36. The number of azide groups is 1. The van der Waals surface area contributed by atoms with Gasteiger partial charge >= 0.3 is 0 Å². The van der Waals surface area contributed by atoms with Crippen LogP contribution in [-0.4, -0.2) is 19.3 Å². The Kier molecular flexibility index (Phi) is 3.13. The van der Waals surface area contributed by atoms with Crippen molar-refractivity contribution >= 4 is 15.2 Å². The summed E-state index contributed by atoms with van der Waals surface area (Å²) in [5.74, 6) is 0. The minimum Gasteiger partial charge on any atom is -0.249 e. The van der Waals surface area contributed by atoms with E-state index < -0.39 is 16.3 Å². The number of nitrogens with one attached hydrogen (secondary N) is 1. The second kappa shape index (κ2) is 4.34. The largest absolute Gasteiger partial charge is 0.249 e. The number of hydrogen-bond acceptors (Lipinski definition) is 3. The molecule has 7 heteroatoms. The summed E-state index contributed by atoms with van der Waals surface area (Å²) in [6.45, 7) is 0. The summed E-state index contributed by atoms with van der Waals surface area (Å²) >= 11 is 0. The van der Waals surface area contributed by atoms with Crippen LogP contribution in [0.5, 0.6) is 0 Å². The molecule has 0 bridgehead atoms. The molecule has 1 aliphatic rings. The van der Waals surface area contributed by atoms with Crippen LogP contribution in [0, 0.1) is 0 Å². The standard InChI is InChI=1S/C6H6N4O2S/c7-9-10-8-5-3-1-2-4-6(5)13(11)12/h1-5,8H. The minimum atomic E-state index is -2.30. The predicted octanol–water partition coefficient (Wildman–Crippen LogP) is 0.347. The summed E-state index contributed by atoms with van der Waals surface area (Å²) in [4.78, 5) is 2.61. The predicted molar refractivity (Wildman–Crippen MR) is 48.3 cm³/mol. The highest BCUT2D eigenvalue weighted by atomic mass is 32.2. The highest BCUT2D eigenvalue weighted by Crippen LogP contribution is 1.99. The molecule has 1 aliphatic carbocycles. The van der Waals surface area contributed by atoms with E-state index in [0.29, 0.717) is 0 Å². The van der Waals surface area contributed by atoms with E-state index in [-0.39, 0.29) is 4.86 Å². The van der Waals surface area contributed by atoms with Crippen LogP contribution in [0.15, 0.2) is 29.5 Å². The molecule has 1 atom stereocenters. The van der Waals surface area contributed by atoms with Gasteiger partial charge in [-0.2, -0.15) is 13.3 Å². The van der Waals surface area contributed by atoms with Gasteiger partial charge in [0.15, 0.2) is 6.04 Å². The van der Waals surface area contributed by atoms with E-state index in [1.807, 2.05) is 0 Å². The third-order valence-corrected chi connectivity index (χ3v) is 2.19. The third kappa shape index (κ3) is 2.36. The average molecular weight is 198 g/mol. The molecular weight excluding hydrogens is 192 g/mol. The van der Waals surface area contributed by atoms with Crippen LogP contribution in [0.1, 0.15) is 0 Å². The van der Waals surface area contributed by atoms with Crippen molar-refractivity contribution in [3.05, 3.63) is 34.7 Å². The maximum Gasteiger partial charge on any atom is 0.222 e. The van der Waals surface area contributed by atoms with Crippen LogP contribution >= 0.6 is 0 Å². The fraction of sp³-hybridized carbons (Fsp3) is 0.167. The molecule has 0 spiro atoms. The first kappa shape index (κ1) is 9.37. The molecule has 0 fully saturated rings. The van der Waals surface area contributed by atoms with Gasteiger partial charge < -0.3 is 0 Å². The Morgan fingerprint density at radius 1 is 1.54 bits per heavy atom. The van der Waals surface area contributed by atoms with Gasteiger partial charge in [0, 0.05) is 0 Å². The van der Waals surface area contributed by atoms with E-state index in [1.54, 1.807) is 18.2 Å². The van der Waals surface area contributed by atoms with Gasteiger partial charge in [-0.15, -0.1) is 5.53 Å². The number of allylic oxidation sites excluding steroid dienone is 2. The molecule has 0 heterocycles. The van der Waals surface area contributed by atoms with Crippen LogP contribution < -0.4 is 5.43 Å². The smallest absolute Gasteiger partial charge is 0.222 e. The maximum absolute atomic E-state index is 10.6. The van der Waals surface area contributed by atoms with Gasteiger partial charge in [-0.3, -0.25) is 0 Å². The summed E-state index contributed by atoms with van der Waals surface area (Å²) in [7, 11) is -2.30. The Balaban J connectivity index is 2.96. The van der Waals surface area contributed by atoms with Gasteiger partial charge in [0.25, 0.3) is 0 Å². The molecule has 0 aromatic heterocycles. The Morgan fingerprint density at radius 2 is 2.31 bits per heavy atom. The minimum absolute atomic E-state index is 0.148. The molecule has 0 aromatic rings. The van der Waals surface area contributed by atoms with Crippen molar-refractivity contribution in [1.29, 1.82) is 0 Å². The maximum atomic E-state index is 10.6. The van der Waals surface area contributed by atoms with Crippen LogP contribution in [0.25, 0.3) is 10.4 Å². The molecule has 0 amide bonds. The van der Waals surface area contributed by atoms with Crippen molar-refractivity contribution in [1.82, 2.24) is 5.43 Å². The van der Waals surface area contributed by atoms with Crippen LogP contribution in [0.2, 0.25) is 0 Å². The average Bonchev–Trinajstić information content (AvgIpc) is 2.15. The van der Waals surface area contributed by atoms with E-state index in [4.69, 9.17) is 5.53 Å². The molecule has 13 heavy (non-hydrogen) atoms. The SMILES string of the molecule is [N-]=[N+]=NNC1C=CC=CC1=S(=O)=O. The highest BCUT2D eigenvalue weighted by molar-refractivity contribution is 7.73. The molecule has 0 saturated carbocycles. The van der Waals surface area contributed by atoms with E-state index in [9.17, 15) is 8.42 Å². The van der Waals surface area contributed by atoms with Gasteiger partial charge in [-0.1, -0.05) is 12.2 Å². The van der Waals surface area contributed by atoms with Crippen molar-refractivity contribution in [3.8, 4) is 0 Å². The van der Waals surface area contributed by atoms with Gasteiger partial charge in [-0.25, -0.2) is 5.43 Å². The fourth-order valence-electron chi connectivity index (χ4n) is 0.878. The first-order valence-corrected chi connectivity index (χ1v) is 4.44. The van der Waals surface area contributed by atoms with E-state index >= 15 is 0 Å². The fourth-order valence-corrected chi connectivity index (χ4v) is 1.41. The van der Waals surface area contributed by atoms with Crippen molar-refractivity contribution in [3.63, 3.8) is 0 Å². The van der Waals surface area contributed by atoms with Gasteiger partial charge in [-0.05, 0) is 17.4 Å². The zero-order valence-corrected chi connectivity index (χ0v) is 7.27. The van der Waals surface area contributed by atoms with Crippen molar-refractivity contribution in [2.24, 2.45) is 5.22 Å². The summed E-state index contributed by atoms with van der Waals surface area (Å²) in [6.07, 6.45) is 6.29. The molecule has 1 rings (SSSR count). The quantitative estimate of drug-likeness (QED) is 0.228. The molecule has 0 aromatic carbocycles. The molecule has 68 valence electrons. The zero-order chi connectivity index (χ0) is 9.68. The lowest BCUT2D eigenvalue weighted by Gasteiger charge is -2.07. The first-order chi connectivity index (χ1) is 6.25. The molecule has 6 nitrogen and oxygen atoms in total. The van der Waals surface area contributed by atoms with E-state index in [2.05, 4.69) is 15.6 Å².